The van der Waals surface area contributed by atoms with Crippen molar-refractivity contribution >= 4 is 0 Å². The molecule has 1 aromatic carbocycles. The van der Waals surface area contributed by atoms with Crippen molar-refractivity contribution in [3.8, 4) is 11.8 Å². The summed E-state index contributed by atoms with van der Waals surface area (Å²) < 4.78 is 0. The van der Waals surface area contributed by atoms with Crippen molar-refractivity contribution < 1.29 is 5.11 Å². The Bertz CT molecular complexity index is 528. The molecule has 0 aliphatic heterocycles. The monoisotopic (exact) mass is 301 g/mol. The maximum Gasteiger partial charge on any atom is 0.123 e. The van der Waals surface area contributed by atoms with Crippen LogP contribution in [0.2, 0.25) is 0 Å². The summed E-state index contributed by atoms with van der Waals surface area (Å²) in [6.07, 6.45) is 0.531. The minimum absolute atomic E-state index is 0.145. The van der Waals surface area contributed by atoms with E-state index in [1.807, 2.05) is 26.0 Å². The van der Waals surface area contributed by atoms with Gasteiger partial charge in [0.05, 0.1) is 6.07 Å². The van der Waals surface area contributed by atoms with Crippen molar-refractivity contribution in [1.82, 2.24) is 0 Å². The van der Waals surface area contributed by atoms with Crippen LogP contribution in [0.3, 0.4) is 0 Å². The van der Waals surface area contributed by atoms with E-state index in [2.05, 4.69) is 54.2 Å². The van der Waals surface area contributed by atoms with Gasteiger partial charge in [0.2, 0.25) is 0 Å². The first-order valence-electron chi connectivity index (χ1n) is 7.91. The molecule has 1 N–H and O–H groups in total. The Hall–Kier alpha value is -1.75. The van der Waals surface area contributed by atoms with Gasteiger partial charge in [-0.25, -0.2) is 0 Å². The van der Waals surface area contributed by atoms with E-state index in [0.29, 0.717) is 17.7 Å². The van der Waals surface area contributed by atoms with Gasteiger partial charge >= 0.3 is 0 Å². The van der Waals surface area contributed by atoms with Crippen molar-refractivity contribution in [2.75, 3.05) is 0 Å². The summed E-state index contributed by atoms with van der Waals surface area (Å²) in [4.78, 5) is 0. The molecule has 122 valence electrons. The summed E-state index contributed by atoms with van der Waals surface area (Å²) in [5, 5.41) is 19.5. The van der Waals surface area contributed by atoms with Gasteiger partial charge in [0.25, 0.3) is 0 Å². The number of phenolic OH excluding ortho intramolecular Hbond substituents is 1. The second-order valence-corrected chi connectivity index (χ2v) is 7.43. The number of allylic oxidation sites excluding steroid dienone is 1. The lowest BCUT2D eigenvalue weighted by Gasteiger charge is -2.28. The van der Waals surface area contributed by atoms with Crippen LogP contribution < -0.4 is 0 Å². The lowest BCUT2D eigenvalue weighted by Crippen LogP contribution is -2.18. The van der Waals surface area contributed by atoms with Crippen molar-refractivity contribution in [2.24, 2.45) is 0 Å². The standard InChI is InChI=1S/C18H25NO.C2H6/c1-12(11-19)8-13-9-14(17(2,3)4)16(20)15(10-13)18(5,6)7;1-2/h9-10,20H,1,8H2,2-7H3;1-2H3. The topological polar surface area (TPSA) is 44.0 Å². The zero-order valence-electron chi connectivity index (χ0n) is 15.5. The molecule has 0 spiro atoms. The van der Waals surface area contributed by atoms with Crippen LogP contribution in [-0.4, -0.2) is 5.11 Å². The molecule has 0 unspecified atom stereocenters. The molecule has 2 nitrogen and oxygen atoms in total. The van der Waals surface area contributed by atoms with E-state index in [1.165, 1.54) is 0 Å². The molecule has 0 aromatic heterocycles. The van der Waals surface area contributed by atoms with Crippen LogP contribution in [0.25, 0.3) is 0 Å². The third-order valence-electron chi connectivity index (χ3n) is 3.36. The van der Waals surface area contributed by atoms with Gasteiger partial charge in [-0.2, -0.15) is 5.26 Å². The van der Waals surface area contributed by atoms with E-state index in [0.717, 1.165) is 16.7 Å². The highest BCUT2D eigenvalue weighted by Gasteiger charge is 2.26. The summed E-state index contributed by atoms with van der Waals surface area (Å²) in [6.45, 7) is 20.2. The van der Waals surface area contributed by atoms with Crippen LogP contribution in [-0.2, 0) is 17.3 Å². The SMILES string of the molecule is C=C(C#N)Cc1cc(C(C)(C)C)c(O)c(C(C)(C)C)c1.CC. The first kappa shape index (κ1) is 20.2. The zero-order chi connectivity index (χ0) is 17.7. The lowest BCUT2D eigenvalue weighted by molar-refractivity contribution is 0.423. The molecule has 0 saturated heterocycles. The molecule has 0 atom stereocenters. The van der Waals surface area contributed by atoms with E-state index in [1.54, 1.807) is 0 Å². The molecular formula is C20H31NO. The quantitative estimate of drug-likeness (QED) is 0.719. The first-order valence-corrected chi connectivity index (χ1v) is 7.91. The third-order valence-corrected chi connectivity index (χ3v) is 3.36. The molecule has 22 heavy (non-hydrogen) atoms. The highest BCUT2D eigenvalue weighted by Crippen LogP contribution is 2.40. The van der Waals surface area contributed by atoms with Gasteiger partial charge < -0.3 is 5.11 Å². The number of hydrogen-bond donors (Lipinski definition) is 1. The molecule has 0 fully saturated rings. The van der Waals surface area contributed by atoms with E-state index >= 15 is 0 Å². The fourth-order valence-corrected chi connectivity index (χ4v) is 2.23. The van der Waals surface area contributed by atoms with E-state index < -0.39 is 0 Å². The van der Waals surface area contributed by atoms with E-state index in [4.69, 9.17) is 5.26 Å². The minimum Gasteiger partial charge on any atom is -0.507 e. The molecule has 0 aliphatic carbocycles. The number of nitriles is 1. The van der Waals surface area contributed by atoms with Gasteiger partial charge in [-0.15, -0.1) is 0 Å². The Labute approximate surface area is 136 Å². The Kier molecular flexibility index (Phi) is 6.90. The highest BCUT2D eigenvalue weighted by atomic mass is 16.3. The van der Waals surface area contributed by atoms with Gasteiger partial charge in [0, 0.05) is 12.0 Å². The Morgan fingerprint density at radius 1 is 1.05 bits per heavy atom. The average molecular weight is 301 g/mol. The largest absolute Gasteiger partial charge is 0.507 e. The molecular weight excluding hydrogens is 270 g/mol. The number of hydrogen-bond acceptors (Lipinski definition) is 2. The third kappa shape index (κ3) is 5.22. The maximum atomic E-state index is 10.6. The second-order valence-electron chi connectivity index (χ2n) is 7.43. The van der Waals surface area contributed by atoms with Crippen molar-refractivity contribution in [3.63, 3.8) is 0 Å². The van der Waals surface area contributed by atoms with Crippen LogP contribution in [0.5, 0.6) is 5.75 Å². The fraction of sp³-hybridized carbons (Fsp3) is 0.550. The summed E-state index contributed by atoms with van der Waals surface area (Å²) in [7, 11) is 0. The van der Waals surface area contributed by atoms with Crippen molar-refractivity contribution in [2.45, 2.75) is 72.6 Å². The number of phenols is 1. The Morgan fingerprint density at radius 2 is 1.41 bits per heavy atom. The average Bonchev–Trinajstić information content (AvgIpc) is 2.40. The Balaban J connectivity index is 0.00000211. The predicted molar refractivity (Wildman–Crippen MR) is 95.3 cm³/mol. The second kappa shape index (κ2) is 7.49. The molecule has 0 aliphatic rings. The van der Waals surface area contributed by atoms with Crippen LogP contribution in [0.4, 0.5) is 0 Å². The van der Waals surface area contributed by atoms with Crippen LogP contribution in [0.15, 0.2) is 24.3 Å². The van der Waals surface area contributed by atoms with E-state index in [-0.39, 0.29) is 10.8 Å². The summed E-state index contributed by atoms with van der Waals surface area (Å²) >= 11 is 0. The molecule has 0 radical (unpaired) electrons. The summed E-state index contributed by atoms with van der Waals surface area (Å²) in [5.41, 5.74) is 3.12. The highest BCUT2D eigenvalue weighted by molar-refractivity contribution is 5.50. The minimum atomic E-state index is -0.145. The number of nitrogens with zero attached hydrogens (tertiary/aromatic N) is 1. The maximum absolute atomic E-state index is 10.6. The van der Waals surface area contributed by atoms with Crippen LogP contribution in [0.1, 0.15) is 72.1 Å². The predicted octanol–water partition coefficient (Wildman–Crippen LogP) is 5.64. The van der Waals surface area contributed by atoms with E-state index in [9.17, 15) is 5.11 Å². The van der Waals surface area contributed by atoms with Crippen LogP contribution in [0, 0.1) is 11.3 Å². The molecule has 0 amide bonds. The molecule has 0 bridgehead atoms. The van der Waals surface area contributed by atoms with Gasteiger partial charge in [-0.05, 0) is 27.5 Å². The lowest BCUT2D eigenvalue weighted by atomic mass is 9.78. The first-order chi connectivity index (χ1) is 9.96. The van der Waals surface area contributed by atoms with Crippen molar-refractivity contribution in [3.05, 3.63) is 41.0 Å². The molecule has 1 aromatic rings. The Morgan fingerprint density at radius 3 is 1.68 bits per heavy atom. The van der Waals surface area contributed by atoms with Gasteiger partial charge in [-0.1, -0.05) is 74.1 Å². The summed E-state index contributed by atoms with van der Waals surface area (Å²) in [5.74, 6) is 0.372. The number of benzene rings is 1. The van der Waals surface area contributed by atoms with Gasteiger partial charge in [-0.3, -0.25) is 0 Å². The summed E-state index contributed by atoms with van der Waals surface area (Å²) in [6, 6.07) is 6.07. The van der Waals surface area contributed by atoms with Crippen LogP contribution >= 0.6 is 0 Å². The molecule has 1 rings (SSSR count). The molecule has 0 heterocycles. The van der Waals surface area contributed by atoms with Gasteiger partial charge in [0.1, 0.15) is 5.75 Å². The van der Waals surface area contributed by atoms with Crippen molar-refractivity contribution in [1.29, 1.82) is 5.26 Å². The fourth-order valence-electron chi connectivity index (χ4n) is 2.23. The molecule has 0 saturated carbocycles. The normalized spacial score (nSPS) is 11.2. The zero-order valence-corrected chi connectivity index (χ0v) is 15.5. The number of rotatable bonds is 2. The van der Waals surface area contributed by atoms with Gasteiger partial charge in [0.15, 0.2) is 0 Å². The smallest absolute Gasteiger partial charge is 0.123 e. The number of aromatic hydroxyl groups is 1. The molecule has 2 heteroatoms.